The molecule has 0 N–H and O–H groups in total. The van der Waals surface area contributed by atoms with E-state index in [0.29, 0.717) is 12.3 Å². The van der Waals surface area contributed by atoms with E-state index in [0.717, 1.165) is 31.3 Å². The van der Waals surface area contributed by atoms with Crippen molar-refractivity contribution >= 4 is 6.29 Å². The van der Waals surface area contributed by atoms with E-state index < -0.39 is 0 Å². The summed E-state index contributed by atoms with van der Waals surface area (Å²) >= 11 is 0. The van der Waals surface area contributed by atoms with Crippen molar-refractivity contribution in [2.45, 2.75) is 31.6 Å². The maximum atomic E-state index is 10.6. The second-order valence-corrected chi connectivity index (χ2v) is 4.02. The number of fused-ring (bicyclic) bond motifs is 1. The number of carbonyl (C=O) groups excluding carboxylic acids is 1. The van der Waals surface area contributed by atoms with Crippen molar-refractivity contribution in [2.24, 2.45) is 0 Å². The molecule has 0 amide bonds. The first-order valence-corrected chi connectivity index (χ1v) is 5.46. The lowest BCUT2D eigenvalue weighted by Gasteiger charge is -2.25. The van der Waals surface area contributed by atoms with Crippen molar-refractivity contribution in [3.8, 4) is 5.75 Å². The highest BCUT2D eigenvalue weighted by Crippen LogP contribution is 2.37. The quantitative estimate of drug-likeness (QED) is 0.707. The number of methoxy groups -OCH3 is 1. The van der Waals surface area contributed by atoms with Crippen molar-refractivity contribution in [3.05, 3.63) is 29.3 Å². The average molecular weight is 204 g/mol. The summed E-state index contributed by atoms with van der Waals surface area (Å²) < 4.78 is 5.35. The Morgan fingerprint density at radius 1 is 1.53 bits per heavy atom. The van der Waals surface area contributed by atoms with Gasteiger partial charge in [0.05, 0.1) is 7.11 Å². The van der Waals surface area contributed by atoms with Gasteiger partial charge in [0.2, 0.25) is 0 Å². The lowest BCUT2D eigenvalue weighted by molar-refractivity contribution is -0.108. The highest BCUT2D eigenvalue weighted by atomic mass is 16.5. The molecule has 0 bridgehead atoms. The molecule has 0 saturated heterocycles. The van der Waals surface area contributed by atoms with Gasteiger partial charge in [-0.25, -0.2) is 0 Å². The van der Waals surface area contributed by atoms with Crippen molar-refractivity contribution in [2.75, 3.05) is 7.11 Å². The summed E-state index contributed by atoms with van der Waals surface area (Å²) in [7, 11) is 1.71. The summed E-state index contributed by atoms with van der Waals surface area (Å²) in [6.07, 6.45) is 5.03. The molecule has 1 aliphatic carbocycles. The van der Waals surface area contributed by atoms with E-state index in [1.54, 1.807) is 7.11 Å². The third-order valence-corrected chi connectivity index (χ3v) is 3.19. The molecule has 0 spiro atoms. The highest BCUT2D eigenvalue weighted by molar-refractivity contribution is 5.54. The summed E-state index contributed by atoms with van der Waals surface area (Å²) in [6, 6.07) is 6.15. The molecule has 2 nitrogen and oxygen atoms in total. The predicted molar refractivity (Wildman–Crippen MR) is 59.4 cm³/mol. The van der Waals surface area contributed by atoms with E-state index in [-0.39, 0.29) is 0 Å². The van der Waals surface area contributed by atoms with Crippen LogP contribution in [0.1, 0.15) is 36.3 Å². The van der Waals surface area contributed by atoms with E-state index in [9.17, 15) is 4.79 Å². The van der Waals surface area contributed by atoms with Gasteiger partial charge in [-0.05, 0) is 42.4 Å². The minimum Gasteiger partial charge on any atom is -0.496 e. The number of rotatable bonds is 3. The Labute approximate surface area is 90.3 Å². The molecule has 15 heavy (non-hydrogen) atoms. The van der Waals surface area contributed by atoms with Crippen LogP contribution in [0.25, 0.3) is 0 Å². The van der Waals surface area contributed by atoms with E-state index in [1.807, 2.05) is 12.1 Å². The van der Waals surface area contributed by atoms with Crippen LogP contribution in [0.15, 0.2) is 18.2 Å². The Hall–Kier alpha value is -1.31. The summed E-state index contributed by atoms with van der Waals surface area (Å²) in [5, 5.41) is 0. The molecule has 2 rings (SSSR count). The molecule has 1 aliphatic rings. The number of aldehydes is 1. The second kappa shape index (κ2) is 4.47. The van der Waals surface area contributed by atoms with Gasteiger partial charge in [-0.1, -0.05) is 12.1 Å². The Morgan fingerprint density at radius 3 is 3.13 bits per heavy atom. The molecule has 0 aromatic heterocycles. The molecular weight excluding hydrogens is 188 g/mol. The van der Waals surface area contributed by atoms with Gasteiger partial charge in [0, 0.05) is 6.42 Å². The third-order valence-electron chi connectivity index (χ3n) is 3.19. The zero-order chi connectivity index (χ0) is 10.7. The standard InChI is InChI=1S/C13H16O2/c1-15-13-7-3-5-11-10(8-9-14)4-2-6-12(11)13/h3,5,7,9-10H,2,4,6,8H2,1H3. The molecule has 1 unspecified atom stereocenters. The van der Waals surface area contributed by atoms with E-state index in [2.05, 4.69) is 6.07 Å². The SMILES string of the molecule is COc1cccc2c1CCCC2CC=O. The van der Waals surface area contributed by atoms with Crippen molar-refractivity contribution in [1.82, 2.24) is 0 Å². The minimum atomic E-state index is 0.404. The summed E-state index contributed by atoms with van der Waals surface area (Å²) in [5.74, 6) is 1.38. The van der Waals surface area contributed by atoms with Crippen LogP contribution < -0.4 is 4.74 Å². The van der Waals surface area contributed by atoms with Gasteiger partial charge in [0.25, 0.3) is 0 Å². The monoisotopic (exact) mass is 204 g/mol. The Kier molecular flexibility index (Phi) is 3.05. The topological polar surface area (TPSA) is 26.3 Å². The molecule has 1 aromatic carbocycles. The molecule has 1 aromatic rings. The van der Waals surface area contributed by atoms with Crippen LogP contribution in [-0.2, 0) is 11.2 Å². The van der Waals surface area contributed by atoms with Crippen LogP contribution in [-0.4, -0.2) is 13.4 Å². The predicted octanol–water partition coefficient (Wildman–Crippen LogP) is 2.70. The minimum absolute atomic E-state index is 0.404. The van der Waals surface area contributed by atoms with Crippen LogP contribution >= 0.6 is 0 Å². The van der Waals surface area contributed by atoms with Gasteiger partial charge >= 0.3 is 0 Å². The van der Waals surface area contributed by atoms with Crippen LogP contribution in [0.3, 0.4) is 0 Å². The van der Waals surface area contributed by atoms with E-state index in [4.69, 9.17) is 4.74 Å². The number of hydrogen-bond acceptors (Lipinski definition) is 2. The Bertz CT molecular complexity index is 358. The fourth-order valence-corrected chi connectivity index (χ4v) is 2.47. The molecule has 2 heteroatoms. The summed E-state index contributed by atoms with van der Waals surface area (Å²) in [4.78, 5) is 10.6. The van der Waals surface area contributed by atoms with E-state index >= 15 is 0 Å². The van der Waals surface area contributed by atoms with Crippen LogP contribution in [0, 0.1) is 0 Å². The molecule has 0 aliphatic heterocycles. The van der Waals surface area contributed by atoms with Crippen LogP contribution in [0.4, 0.5) is 0 Å². The molecular formula is C13H16O2. The molecule has 0 heterocycles. The zero-order valence-electron chi connectivity index (χ0n) is 9.03. The van der Waals surface area contributed by atoms with E-state index in [1.165, 1.54) is 11.1 Å². The van der Waals surface area contributed by atoms with Gasteiger partial charge in [0.15, 0.2) is 0 Å². The number of benzene rings is 1. The van der Waals surface area contributed by atoms with Crippen molar-refractivity contribution in [3.63, 3.8) is 0 Å². The number of carbonyl (C=O) groups is 1. The lowest BCUT2D eigenvalue weighted by atomic mass is 9.81. The van der Waals surface area contributed by atoms with Crippen LogP contribution in [0.5, 0.6) is 5.75 Å². The molecule has 80 valence electrons. The molecule has 0 radical (unpaired) electrons. The van der Waals surface area contributed by atoms with Crippen molar-refractivity contribution in [1.29, 1.82) is 0 Å². The lowest BCUT2D eigenvalue weighted by Crippen LogP contribution is -2.11. The van der Waals surface area contributed by atoms with Gasteiger partial charge in [-0.3, -0.25) is 0 Å². The number of hydrogen-bond donors (Lipinski definition) is 0. The van der Waals surface area contributed by atoms with Gasteiger partial charge in [0.1, 0.15) is 12.0 Å². The maximum Gasteiger partial charge on any atom is 0.122 e. The number of ether oxygens (including phenoxy) is 1. The fraction of sp³-hybridized carbons (Fsp3) is 0.462. The van der Waals surface area contributed by atoms with Gasteiger partial charge in [-0.15, -0.1) is 0 Å². The molecule has 0 saturated carbocycles. The van der Waals surface area contributed by atoms with Crippen LogP contribution in [0.2, 0.25) is 0 Å². The highest BCUT2D eigenvalue weighted by Gasteiger charge is 2.21. The first-order valence-electron chi connectivity index (χ1n) is 5.46. The normalized spacial score (nSPS) is 19.4. The largest absolute Gasteiger partial charge is 0.496 e. The Morgan fingerprint density at radius 2 is 2.40 bits per heavy atom. The first kappa shape index (κ1) is 10.2. The second-order valence-electron chi connectivity index (χ2n) is 4.02. The Balaban J connectivity index is 2.39. The van der Waals surface area contributed by atoms with Gasteiger partial charge < -0.3 is 9.53 Å². The van der Waals surface area contributed by atoms with Crippen molar-refractivity contribution < 1.29 is 9.53 Å². The van der Waals surface area contributed by atoms with Gasteiger partial charge in [-0.2, -0.15) is 0 Å². The molecule has 1 atom stereocenters. The third kappa shape index (κ3) is 1.89. The average Bonchev–Trinajstić information content (AvgIpc) is 2.29. The maximum absolute atomic E-state index is 10.6. The summed E-state index contributed by atoms with van der Waals surface area (Å²) in [6.45, 7) is 0. The smallest absolute Gasteiger partial charge is 0.122 e. The zero-order valence-corrected chi connectivity index (χ0v) is 9.03. The fourth-order valence-electron chi connectivity index (χ4n) is 2.47. The molecule has 0 fully saturated rings. The summed E-state index contributed by atoms with van der Waals surface area (Å²) in [5.41, 5.74) is 2.62. The first-order chi connectivity index (χ1) is 7.36.